The van der Waals surface area contributed by atoms with Gasteiger partial charge in [0.25, 0.3) is 5.91 Å². The molecule has 2 rings (SSSR count). The second-order valence-electron chi connectivity index (χ2n) is 3.91. The molecule has 1 saturated heterocycles. The Kier molecular flexibility index (Phi) is 4.36. The predicted octanol–water partition coefficient (Wildman–Crippen LogP) is 1.12. The van der Waals surface area contributed by atoms with Gasteiger partial charge in [-0.3, -0.25) is 4.79 Å². The Hall–Kier alpha value is -0.660. The minimum Gasteiger partial charge on any atom is -0.394 e. The van der Waals surface area contributed by atoms with Crippen LogP contribution in [0.1, 0.15) is 10.4 Å². The zero-order valence-corrected chi connectivity index (χ0v) is 11.5. The van der Waals surface area contributed by atoms with E-state index in [-0.39, 0.29) is 18.6 Å². The number of hydrogen-bond acceptors (Lipinski definition) is 3. The summed E-state index contributed by atoms with van der Waals surface area (Å²) in [6.07, 6.45) is -0.255. The third-order valence-electron chi connectivity index (χ3n) is 2.73. The van der Waals surface area contributed by atoms with Gasteiger partial charge in [-0.1, -0.05) is 12.1 Å². The summed E-state index contributed by atoms with van der Waals surface area (Å²) in [5.41, 5.74) is 0.715. The van der Waals surface area contributed by atoms with Gasteiger partial charge < -0.3 is 14.7 Å². The van der Waals surface area contributed by atoms with Crippen molar-refractivity contribution in [3.05, 3.63) is 33.4 Å². The predicted molar refractivity (Wildman–Crippen MR) is 71.9 cm³/mol. The lowest BCUT2D eigenvalue weighted by atomic mass is 10.2. The molecule has 1 atom stereocenters. The maximum atomic E-state index is 12.3. The number of carbonyl (C=O) groups excluding carboxylic acids is 1. The number of amides is 1. The highest BCUT2D eigenvalue weighted by Crippen LogP contribution is 2.16. The average molecular weight is 347 g/mol. The summed E-state index contributed by atoms with van der Waals surface area (Å²) in [4.78, 5) is 14.0. The van der Waals surface area contributed by atoms with Crippen molar-refractivity contribution in [3.63, 3.8) is 0 Å². The maximum absolute atomic E-state index is 12.3. The van der Waals surface area contributed by atoms with Crippen molar-refractivity contribution in [3.8, 4) is 0 Å². The summed E-state index contributed by atoms with van der Waals surface area (Å²) in [7, 11) is 0. The molecule has 17 heavy (non-hydrogen) atoms. The Balaban J connectivity index is 2.12. The fraction of sp³-hybridized carbons (Fsp3) is 0.417. The molecule has 1 aromatic carbocycles. The van der Waals surface area contributed by atoms with E-state index in [0.29, 0.717) is 25.3 Å². The lowest BCUT2D eigenvalue weighted by Crippen LogP contribution is -2.47. The van der Waals surface area contributed by atoms with Crippen LogP contribution in [0.3, 0.4) is 0 Å². The number of ether oxygens (including phenoxy) is 1. The van der Waals surface area contributed by atoms with Crippen LogP contribution in [0, 0.1) is 3.57 Å². The highest BCUT2D eigenvalue weighted by atomic mass is 127. The molecular weight excluding hydrogens is 333 g/mol. The number of hydrogen-bond donors (Lipinski definition) is 1. The molecule has 1 amide bonds. The molecule has 0 aromatic heterocycles. The first kappa shape index (κ1) is 12.8. The van der Waals surface area contributed by atoms with Crippen LogP contribution in [0.2, 0.25) is 0 Å². The first-order valence-electron chi connectivity index (χ1n) is 5.48. The zero-order valence-electron chi connectivity index (χ0n) is 9.30. The van der Waals surface area contributed by atoms with Gasteiger partial charge in [-0.05, 0) is 34.7 Å². The summed E-state index contributed by atoms with van der Waals surface area (Å²) in [5, 5.41) is 9.05. The van der Waals surface area contributed by atoms with E-state index in [2.05, 4.69) is 22.6 Å². The lowest BCUT2D eigenvalue weighted by molar-refractivity contribution is -0.0447. The van der Waals surface area contributed by atoms with Crippen molar-refractivity contribution in [2.24, 2.45) is 0 Å². The van der Waals surface area contributed by atoms with Gasteiger partial charge in [0, 0.05) is 16.7 Å². The Morgan fingerprint density at radius 1 is 1.53 bits per heavy atom. The van der Waals surface area contributed by atoms with Crippen molar-refractivity contribution in [1.82, 2.24) is 4.90 Å². The number of aliphatic hydroxyl groups is 1. The fourth-order valence-electron chi connectivity index (χ4n) is 1.82. The highest BCUT2D eigenvalue weighted by Gasteiger charge is 2.25. The molecule has 0 saturated carbocycles. The molecule has 5 heteroatoms. The van der Waals surface area contributed by atoms with E-state index in [1.807, 2.05) is 24.3 Å². The SMILES string of the molecule is O=C(c1ccccc1I)N1CCOC(CO)C1. The van der Waals surface area contributed by atoms with E-state index >= 15 is 0 Å². The number of halogens is 1. The summed E-state index contributed by atoms with van der Waals surface area (Å²) < 4.78 is 6.27. The Morgan fingerprint density at radius 3 is 3.00 bits per heavy atom. The molecule has 1 N–H and O–H groups in total. The molecule has 1 heterocycles. The standard InChI is InChI=1S/C12H14INO3/c13-11-4-2-1-3-10(11)12(16)14-5-6-17-9(7-14)8-15/h1-4,9,15H,5-8H2. The van der Waals surface area contributed by atoms with E-state index in [9.17, 15) is 4.79 Å². The van der Waals surface area contributed by atoms with Crippen molar-refractivity contribution < 1.29 is 14.6 Å². The van der Waals surface area contributed by atoms with Crippen LogP contribution in [0.15, 0.2) is 24.3 Å². The van der Waals surface area contributed by atoms with Crippen LogP contribution < -0.4 is 0 Å². The van der Waals surface area contributed by atoms with Crippen LogP contribution in [0.25, 0.3) is 0 Å². The Labute approximate surface area is 114 Å². The van der Waals surface area contributed by atoms with Gasteiger partial charge in [0.15, 0.2) is 0 Å². The molecule has 0 bridgehead atoms. The van der Waals surface area contributed by atoms with Crippen LogP contribution in [-0.4, -0.2) is 48.3 Å². The van der Waals surface area contributed by atoms with E-state index in [4.69, 9.17) is 9.84 Å². The number of nitrogens with zero attached hydrogens (tertiary/aromatic N) is 1. The van der Waals surface area contributed by atoms with Gasteiger partial charge in [-0.2, -0.15) is 0 Å². The van der Waals surface area contributed by atoms with E-state index in [1.165, 1.54) is 0 Å². The highest BCUT2D eigenvalue weighted by molar-refractivity contribution is 14.1. The van der Waals surface area contributed by atoms with Crippen LogP contribution in [0.5, 0.6) is 0 Å². The third-order valence-corrected chi connectivity index (χ3v) is 3.67. The smallest absolute Gasteiger partial charge is 0.255 e. The zero-order chi connectivity index (χ0) is 12.3. The van der Waals surface area contributed by atoms with Crippen molar-refractivity contribution in [2.45, 2.75) is 6.10 Å². The van der Waals surface area contributed by atoms with Crippen molar-refractivity contribution in [2.75, 3.05) is 26.3 Å². The number of morpholine rings is 1. The molecule has 1 unspecified atom stereocenters. The van der Waals surface area contributed by atoms with Gasteiger partial charge in [0.1, 0.15) is 0 Å². The number of rotatable bonds is 2. The minimum absolute atomic E-state index is 0.0109. The number of benzene rings is 1. The molecule has 0 spiro atoms. The van der Waals surface area contributed by atoms with Crippen LogP contribution >= 0.6 is 22.6 Å². The second-order valence-corrected chi connectivity index (χ2v) is 5.07. The second kappa shape index (κ2) is 5.79. The molecule has 4 nitrogen and oxygen atoms in total. The van der Waals surface area contributed by atoms with Crippen LogP contribution in [0.4, 0.5) is 0 Å². The fourth-order valence-corrected chi connectivity index (χ4v) is 2.44. The molecule has 0 aliphatic carbocycles. The molecule has 92 valence electrons. The number of aliphatic hydroxyl groups excluding tert-OH is 1. The minimum atomic E-state index is -0.255. The first-order valence-corrected chi connectivity index (χ1v) is 6.56. The van der Waals surface area contributed by atoms with E-state index < -0.39 is 0 Å². The van der Waals surface area contributed by atoms with Crippen molar-refractivity contribution >= 4 is 28.5 Å². The van der Waals surface area contributed by atoms with Gasteiger partial charge >= 0.3 is 0 Å². The van der Waals surface area contributed by atoms with Crippen LogP contribution in [-0.2, 0) is 4.74 Å². The molecule has 1 aliphatic heterocycles. The van der Waals surface area contributed by atoms with Crippen molar-refractivity contribution in [1.29, 1.82) is 0 Å². The summed E-state index contributed by atoms with van der Waals surface area (Å²) >= 11 is 2.16. The molecular formula is C12H14INO3. The van der Waals surface area contributed by atoms with E-state index in [1.54, 1.807) is 4.90 Å². The van der Waals surface area contributed by atoms with Gasteiger partial charge in [-0.25, -0.2) is 0 Å². The third kappa shape index (κ3) is 2.97. The summed E-state index contributed by atoms with van der Waals surface area (Å²) in [5.74, 6) is 0.0109. The first-order chi connectivity index (χ1) is 8.22. The largest absolute Gasteiger partial charge is 0.394 e. The van der Waals surface area contributed by atoms with Gasteiger partial charge in [0.05, 0.1) is 24.9 Å². The summed E-state index contributed by atoms with van der Waals surface area (Å²) in [6, 6.07) is 7.51. The van der Waals surface area contributed by atoms with E-state index in [0.717, 1.165) is 3.57 Å². The lowest BCUT2D eigenvalue weighted by Gasteiger charge is -2.32. The molecule has 0 radical (unpaired) electrons. The van der Waals surface area contributed by atoms with Gasteiger partial charge in [-0.15, -0.1) is 0 Å². The molecule has 1 aromatic rings. The summed E-state index contributed by atoms with van der Waals surface area (Å²) in [6.45, 7) is 1.48. The monoisotopic (exact) mass is 347 g/mol. The molecule has 1 aliphatic rings. The quantitative estimate of drug-likeness (QED) is 0.816. The Morgan fingerprint density at radius 2 is 2.29 bits per heavy atom. The topological polar surface area (TPSA) is 49.8 Å². The van der Waals surface area contributed by atoms with Gasteiger partial charge in [0.2, 0.25) is 0 Å². The maximum Gasteiger partial charge on any atom is 0.255 e. The number of carbonyl (C=O) groups is 1. The molecule has 1 fully saturated rings. The Bertz CT molecular complexity index is 410. The average Bonchev–Trinajstić information content (AvgIpc) is 2.38. The normalized spacial score (nSPS) is 20.4.